The fourth-order valence-electron chi connectivity index (χ4n) is 3.73. The molecule has 0 fully saturated rings. The number of rotatable bonds is 7. The Hall–Kier alpha value is -2.33. The standard InChI is InChI=1S/C24H30N2OS.C3H8/c1-6-20(7-2)26(5)21-10-8-16(3)22(15-21)24(27)25-17(4)18-9-11-23-19(14-18)12-13-28-23;1-3-2/h8-15,17,20H,6-7H2,1-5H3,(H,25,27);3H2,1-2H3. The SMILES string of the molecule is CCC.CCC(CC)N(C)c1ccc(C)c(C(=O)NC(C)c2ccc3sccc3c2)c1. The highest BCUT2D eigenvalue weighted by Gasteiger charge is 2.17. The van der Waals surface area contributed by atoms with E-state index in [9.17, 15) is 4.79 Å². The summed E-state index contributed by atoms with van der Waals surface area (Å²) < 4.78 is 1.27. The quantitative estimate of drug-likeness (QED) is 0.409. The van der Waals surface area contributed by atoms with E-state index in [1.807, 2.05) is 26.0 Å². The number of carbonyl (C=O) groups excluding carboxylic acids is 1. The number of benzene rings is 2. The predicted octanol–water partition coefficient (Wildman–Crippen LogP) is 7.74. The largest absolute Gasteiger partial charge is 0.372 e. The highest BCUT2D eigenvalue weighted by molar-refractivity contribution is 7.17. The maximum Gasteiger partial charge on any atom is 0.252 e. The van der Waals surface area contributed by atoms with E-state index >= 15 is 0 Å². The van der Waals surface area contributed by atoms with Gasteiger partial charge >= 0.3 is 0 Å². The lowest BCUT2D eigenvalue weighted by Crippen LogP contribution is -2.31. The third-order valence-electron chi connectivity index (χ3n) is 5.69. The molecule has 0 radical (unpaired) electrons. The molecule has 3 aromatic rings. The summed E-state index contributed by atoms with van der Waals surface area (Å²) in [5, 5.41) is 6.51. The van der Waals surface area contributed by atoms with Crippen molar-refractivity contribution in [2.24, 2.45) is 0 Å². The Bertz CT molecular complexity index is 974. The molecule has 2 aromatic carbocycles. The highest BCUT2D eigenvalue weighted by Crippen LogP contribution is 2.26. The summed E-state index contributed by atoms with van der Waals surface area (Å²) in [5.74, 6) is -0.0183. The number of hydrogen-bond donors (Lipinski definition) is 1. The Kier molecular flexibility index (Phi) is 9.57. The molecule has 1 heterocycles. The minimum absolute atomic E-state index is 0.0183. The molecule has 4 heteroatoms. The number of fused-ring (bicyclic) bond motifs is 1. The van der Waals surface area contributed by atoms with Crippen molar-refractivity contribution in [3.8, 4) is 0 Å². The lowest BCUT2D eigenvalue weighted by molar-refractivity contribution is 0.0939. The topological polar surface area (TPSA) is 32.3 Å². The molecular weight excluding hydrogens is 400 g/mol. The normalized spacial score (nSPS) is 11.7. The van der Waals surface area contributed by atoms with Gasteiger partial charge in [-0.05, 0) is 78.9 Å². The predicted molar refractivity (Wildman–Crippen MR) is 138 cm³/mol. The van der Waals surface area contributed by atoms with Crippen molar-refractivity contribution >= 4 is 33.0 Å². The zero-order chi connectivity index (χ0) is 23.0. The molecule has 3 rings (SSSR count). The van der Waals surface area contributed by atoms with Crippen LogP contribution in [0.15, 0.2) is 47.8 Å². The third kappa shape index (κ3) is 6.33. The van der Waals surface area contributed by atoms with Crippen molar-refractivity contribution in [2.75, 3.05) is 11.9 Å². The summed E-state index contributed by atoms with van der Waals surface area (Å²) in [4.78, 5) is 15.3. The third-order valence-corrected chi connectivity index (χ3v) is 6.59. The number of nitrogens with one attached hydrogen (secondary N) is 1. The van der Waals surface area contributed by atoms with E-state index in [1.54, 1.807) is 11.3 Å². The van der Waals surface area contributed by atoms with Crippen molar-refractivity contribution in [1.82, 2.24) is 5.32 Å². The molecule has 1 amide bonds. The number of hydrogen-bond acceptors (Lipinski definition) is 3. The number of aryl methyl sites for hydroxylation is 1. The number of thiophene rings is 1. The Morgan fingerprint density at radius 3 is 2.35 bits per heavy atom. The number of amides is 1. The molecule has 0 saturated carbocycles. The lowest BCUT2D eigenvalue weighted by Gasteiger charge is -2.29. The molecule has 0 aliphatic rings. The van der Waals surface area contributed by atoms with Crippen molar-refractivity contribution in [2.45, 2.75) is 72.9 Å². The van der Waals surface area contributed by atoms with Gasteiger partial charge in [-0.25, -0.2) is 0 Å². The molecule has 1 N–H and O–H groups in total. The van der Waals surface area contributed by atoms with Crippen molar-refractivity contribution < 1.29 is 4.79 Å². The maximum absolute atomic E-state index is 13.0. The molecule has 0 spiro atoms. The van der Waals surface area contributed by atoms with Crippen LogP contribution in [0.1, 0.15) is 81.4 Å². The molecule has 0 aliphatic carbocycles. The van der Waals surface area contributed by atoms with E-state index in [0.29, 0.717) is 6.04 Å². The molecule has 0 aliphatic heterocycles. The van der Waals surface area contributed by atoms with Crippen molar-refractivity contribution in [3.63, 3.8) is 0 Å². The van der Waals surface area contributed by atoms with Crippen LogP contribution in [0.2, 0.25) is 0 Å². The molecule has 31 heavy (non-hydrogen) atoms. The second-order valence-electron chi connectivity index (χ2n) is 8.20. The zero-order valence-corrected chi connectivity index (χ0v) is 21.0. The van der Waals surface area contributed by atoms with Crippen LogP contribution in [0, 0.1) is 6.92 Å². The molecule has 0 bridgehead atoms. The highest BCUT2D eigenvalue weighted by atomic mass is 32.1. The fraction of sp³-hybridized carbons (Fsp3) is 0.444. The van der Waals surface area contributed by atoms with Gasteiger partial charge in [0.15, 0.2) is 0 Å². The van der Waals surface area contributed by atoms with Crippen LogP contribution in [-0.2, 0) is 0 Å². The van der Waals surface area contributed by atoms with Gasteiger partial charge in [0.1, 0.15) is 0 Å². The van der Waals surface area contributed by atoms with Gasteiger partial charge in [-0.3, -0.25) is 4.79 Å². The minimum atomic E-state index is -0.0448. The van der Waals surface area contributed by atoms with Crippen LogP contribution in [0.4, 0.5) is 5.69 Å². The summed E-state index contributed by atoms with van der Waals surface area (Å²) in [6.07, 6.45) is 3.43. The molecular formula is C27H38N2OS. The number of carbonyl (C=O) groups is 1. The second-order valence-corrected chi connectivity index (χ2v) is 9.15. The summed E-state index contributed by atoms with van der Waals surface area (Å²) in [7, 11) is 2.11. The minimum Gasteiger partial charge on any atom is -0.372 e. The van der Waals surface area contributed by atoms with Crippen LogP contribution < -0.4 is 10.2 Å². The first kappa shape index (κ1) is 24.9. The van der Waals surface area contributed by atoms with Crippen LogP contribution in [0.5, 0.6) is 0 Å². The first-order valence-electron chi connectivity index (χ1n) is 11.5. The van der Waals surface area contributed by atoms with Gasteiger partial charge in [0.25, 0.3) is 5.91 Å². The van der Waals surface area contributed by atoms with Crippen molar-refractivity contribution in [1.29, 1.82) is 0 Å². The van der Waals surface area contributed by atoms with Gasteiger partial charge in [-0.15, -0.1) is 11.3 Å². The fourth-order valence-corrected chi connectivity index (χ4v) is 4.50. The molecule has 168 valence electrons. The van der Waals surface area contributed by atoms with E-state index in [2.05, 4.69) is 80.7 Å². The average Bonchev–Trinajstić information content (AvgIpc) is 3.23. The van der Waals surface area contributed by atoms with E-state index < -0.39 is 0 Å². The van der Waals surface area contributed by atoms with Gasteiger partial charge < -0.3 is 10.2 Å². The Labute approximate surface area is 192 Å². The van der Waals surface area contributed by atoms with Gasteiger partial charge in [0.05, 0.1) is 6.04 Å². The summed E-state index contributed by atoms with van der Waals surface area (Å²) in [6, 6.07) is 15.1. The van der Waals surface area contributed by atoms with E-state index in [-0.39, 0.29) is 11.9 Å². The number of nitrogens with zero attached hydrogens (tertiary/aromatic N) is 1. The van der Waals surface area contributed by atoms with E-state index in [4.69, 9.17) is 0 Å². The van der Waals surface area contributed by atoms with Gasteiger partial charge in [0, 0.05) is 29.0 Å². The van der Waals surface area contributed by atoms with Crippen LogP contribution in [0.25, 0.3) is 10.1 Å². The smallest absolute Gasteiger partial charge is 0.252 e. The monoisotopic (exact) mass is 438 g/mol. The van der Waals surface area contributed by atoms with Gasteiger partial charge in [-0.2, -0.15) is 0 Å². The second kappa shape index (κ2) is 11.9. The first-order valence-corrected chi connectivity index (χ1v) is 12.4. The molecule has 1 unspecified atom stereocenters. The van der Waals surface area contributed by atoms with Crippen LogP contribution >= 0.6 is 11.3 Å². The summed E-state index contributed by atoms with van der Waals surface area (Å²) in [6.45, 7) is 12.7. The summed E-state index contributed by atoms with van der Waals surface area (Å²) in [5.41, 5.74) is 3.97. The van der Waals surface area contributed by atoms with Crippen molar-refractivity contribution in [3.05, 3.63) is 64.5 Å². The van der Waals surface area contributed by atoms with Crippen LogP contribution in [0.3, 0.4) is 0 Å². The Balaban J connectivity index is 0.00000107. The van der Waals surface area contributed by atoms with E-state index in [0.717, 1.165) is 35.2 Å². The maximum atomic E-state index is 13.0. The van der Waals surface area contributed by atoms with Crippen LogP contribution in [-0.4, -0.2) is 19.0 Å². The lowest BCUT2D eigenvalue weighted by atomic mass is 10.0. The Morgan fingerprint density at radius 1 is 1.03 bits per heavy atom. The average molecular weight is 439 g/mol. The number of anilines is 1. The van der Waals surface area contributed by atoms with Gasteiger partial charge in [0.2, 0.25) is 0 Å². The zero-order valence-electron chi connectivity index (χ0n) is 20.2. The first-order chi connectivity index (χ1) is 14.9. The molecule has 3 nitrogen and oxygen atoms in total. The Morgan fingerprint density at radius 2 is 1.71 bits per heavy atom. The summed E-state index contributed by atoms with van der Waals surface area (Å²) >= 11 is 1.74. The molecule has 1 aromatic heterocycles. The van der Waals surface area contributed by atoms with E-state index in [1.165, 1.54) is 16.5 Å². The van der Waals surface area contributed by atoms with Gasteiger partial charge in [-0.1, -0.05) is 46.2 Å². The molecule has 1 atom stereocenters. The molecule has 0 saturated heterocycles.